The maximum Gasteiger partial charge on any atom is 0.228 e. The van der Waals surface area contributed by atoms with Gasteiger partial charge in [-0.05, 0) is 30.2 Å². The van der Waals surface area contributed by atoms with E-state index in [1.165, 1.54) is 0 Å². The molecule has 0 unspecified atom stereocenters. The van der Waals surface area contributed by atoms with E-state index in [0.29, 0.717) is 32.5 Å². The van der Waals surface area contributed by atoms with Gasteiger partial charge in [-0.25, -0.2) is 19.9 Å². The third kappa shape index (κ3) is 4.69. The Morgan fingerprint density at radius 3 is 2.58 bits per heavy atom. The van der Waals surface area contributed by atoms with Crippen molar-refractivity contribution in [1.29, 1.82) is 0 Å². The maximum absolute atomic E-state index is 5.95. The zero-order valence-electron chi connectivity index (χ0n) is 22.0. The summed E-state index contributed by atoms with van der Waals surface area (Å²) < 4.78 is 13.5. The summed E-state index contributed by atoms with van der Waals surface area (Å²) in [4.78, 5) is 27.6. The van der Waals surface area contributed by atoms with Crippen molar-refractivity contribution in [3.05, 3.63) is 78.4 Å². The minimum Gasteiger partial charge on any atom is -0.378 e. The molecule has 5 aromatic rings. The number of morpholine rings is 1. The van der Waals surface area contributed by atoms with Gasteiger partial charge in [0.2, 0.25) is 11.9 Å². The predicted octanol–water partition coefficient (Wildman–Crippen LogP) is 3.57. The Morgan fingerprint density at radius 2 is 1.75 bits per heavy atom. The number of anilines is 4. The highest BCUT2D eigenvalue weighted by atomic mass is 16.5. The maximum atomic E-state index is 5.95. The standard InChI is InChI=1S/C29H29N9O2/c30-28-31-15-21(16-32-28)26-23-8-9-38(27(23)35-29(34-26)36-10-12-39-13-11-36)22-6-7-25-24(14-22)33-18-37(25)19-40-17-20-4-2-1-3-5-20/h1-7,14-16,18H,8-13,17,19H2,(H2,30,31,32). The van der Waals surface area contributed by atoms with Crippen LogP contribution in [0, 0.1) is 0 Å². The van der Waals surface area contributed by atoms with Crippen molar-refractivity contribution in [2.45, 2.75) is 19.8 Å². The highest BCUT2D eigenvalue weighted by Gasteiger charge is 2.29. The van der Waals surface area contributed by atoms with Crippen LogP contribution in [0.2, 0.25) is 0 Å². The van der Waals surface area contributed by atoms with Crippen LogP contribution < -0.4 is 15.5 Å². The Kier molecular flexibility index (Phi) is 6.42. The molecule has 0 radical (unpaired) electrons. The van der Waals surface area contributed by atoms with E-state index in [-0.39, 0.29) is 5.95 Å². The molecule has 11 nitrogen and oxygen atoms in total. The first-order valence-corrected chi connectivity index (χ1v) is 13.4. The van der Waals surface area contributed by atoms with E-state index in [9.17, 15) is 0 Å². The number of nitrogens with zero attached hydrogens (tertiary/aromatic N) is 8. The molecule has 11 heteroatoms. The summed E-state index contributed by atoms with van der Waals surface area (Å²) in [7, 11) is 0. The molecule has 1 saturated heterocycles. The van der Waals surface area contributed by atoms with Crippen LogP contribution in [0.3, 0.4) is 0 Å². The van der Waals surface area contributed by atoms with Gasteiger partial charge in [-0.2, -0.15) is 4.98 Å². The first-order chi connectivity index (χ1) is 19.7. The number of nitrogen functional groups attached to an aromatic ring is 1. The Bertz CT molecular complexity index is 1630. The van der Waals surface area contributed by atoms with Crippen LogP contribution in [0.4, 0.5) is 23.4 Å². The lowest BCUT2D eigenvalue weighted by Gasteiger charge is -2.28. The number of fused-ring (bicyclic) bond motifs is 2. The van der Waals surface area contributed by atoms with E-state index in [1.54, 1.807) is 12.4 Å². The molecule has 2 aliphatic heterocycles. The SMILES string of the molecule is Nc1ncc(-c2nc(N3CCOCC3)nc3c2CCN3c2ccc3c(c2)ncn3COCc2ccccc2)cn1. The fourth-order valence-corrected chi connectivity index (χ4v) is 5.26. The molecular formula is C29H29N9O2. The van der Waals surface area contributed by atoms with Crippen molar-refractivity contribution >= 4 is 34.4 Å². The van der Waals surface area contributed by atoms with Crippen LogP contribution in [0.15, 0.2) is 67.3 Å². The molecule has 0 atom stereocenters. The van der Waals surface area contributed by atoms with Gasteiger partial charge in [0.15, 0.2) is 0 Å². The smallest absolute Gasteiger partial charge is 0.228 e. The quantitative estimate of drug-likeness (QED) is 0.331. The summed E-state index contributed by atoms with van der Waals surface area (Å²) in [6.45, 7) is 4.55. The second kappa shape index (κ2) is 10.5. The van der Waals surface area contributed by atoms with Gasteiger partial charge < -0.3 is 29.6 Å². The van der Waals surface area contributed by atoms with Gasteiger partial charge in [0.05, 0.1) is 42.9 Å². The van der Waals surface area contributed by atoms with Gasteiger partial charge in [-0.3, -0.25) is 0 Å². The Morgan fingerprint density at radius 1 is 0.925 bits per heavy atom. The van der Waals surface area contributed by atoms with Crippen LogP contribution in [-0.2, 0) is 29.2 Å². The molecule has 0 bridgehead atoms. The highest BCUT2D eigenvalue weighted by molar-refractivity contribution is 5.83. The molecule has 0 saturated carbocycles. The highest BCUT2D eigenvalue weighted by Crippen LogP contribution is 2.39. The predicted molar refractivity (Wildman–Crippen MR) is 152 cm³/mol. The third-order valence-corrected chi connectivity index (χ3v) is 7.31. The largest absolute Gasteiger partial charge is 0.378 e. The topological polar surface area (TPSA) is 120 Å². The third-order valence-electron chi connectivity index (χ3n) is 7.31. The molecule has 202 valence electrons. The molecule has 2 aromatic carbocycles. The molecule has 0 aliphatic carbocycles. The molecule has 2 N–H and O–H groups in total. The van der Waals surface area contributed by atoms with Gasteiger partial charge in [0, 0.05) is 48.8 Å². The van der Waals surface area contributed by atoms with E-state index in [4.69, 9.17) is 25.2 Å². The average molecular weight is 536 g/mol. The van der Waals surface area contributed by atoms with E-state index in [2.05, 4.69) is 55.1 Å². The zero-order valence-corrected chi connectivity index (χ0v) is 22.0. The normalized spacial score (nSPS) is 15.1. The fraction of sp³-hybridized carbons (Fsp3) is 0.276. The monoisotopic (exact) mass is 535 g/mol. The summed E-state index contributed by atoms with van der Waals surface area (Å²) in [5.41, 5.74) is 12.6. The first-order valence-electron chi connectivity index (χ1n) is 13.4. The molecule has 2 aliphatic rings. The lowest BCUT2D eigenvalue weighted by Crippen LogP contribution is -2.37. The molecule has 3 aromatic heterocycles. The molecule has 40 heavy (non-hydrogen) atoms. The Labute approximate surface area is 231 Å². The van der Waals surface area contributed by atoms with Crippen LogP contribution >= 0.6 is 0 Å². The zero-order chi connectivity index (χ0) is 26.9. The van der Waals surface area contributed by atoms with Crippen LogP contribution in [0.1, 0.15) is 11.1 Å². The average Bonchev–Trinajstić information content (AvgIpc) is 3.62. The number of hydrogen-bond donors (Lipinski definition) is 1. The summed E-state index contributed by atoms with van der Waals surface area (Å²) >= 11 is 0. The van der Waals surface area contributed by atoms with Gasteiger partial charge >= 0.3 is 0 Å². The van der Waals surface area contributed by atoms with E-state index >= 15 is 0 Å². The van der Waals surface area contributed by atoms with Gasteiger partial charge in [0.25, 0.3) is 0 Å². The van der Waals surface area contributed by atoms with E-state index in [1.807, 2.05) is 29.1 Å². The van der Waals surface area contributed by atoms with Gasteiger partial charge in [-0.1, -0.05) is 30.3 Å². The number of hydrogen-bond acceptors (Lipinski definition) is 10. The van der Waals surface area contributed by atoms with E-state index in [0.717, 1.165) is 71.0 Å². The second-order valence-corrected chi connectivity index (χ2v) is 9.86. The van der Waals surface area contributed by atoms with Gasteiger partial charge in [0.1, 0.15) is 12.5 Å². The summed E-state index contributed by atoms with van der Waals surface area (Å²) in [6.07, 6.45) is 6.10. The van der Waals surface area contributed by atoms with Crippen molar-refractivity contribution in [2.24, 2.45) is 0 Å². The minimum absolute atomic E-state index is 0.239. The van der Waals surface area contributed by atoms with Crippen molar-refractivity contribution in [3.8, 4) is 11.3 Å². The van der Waals surface area contributed by atoms with Crippen LogP contribution in [0.5, 0.6) is 0 Å². The van der Waals surface area contributed by atoms with Crippen LogP contribution in [0.25, 0.3) is 22.3 Å². The second-order valence-electron chi connectivity index (χ2n) is 9.86. The van der Waals surface area contributed by atoms with Gasteiger partial charge in [-0.15, -0.1) is 0 Å². The number of imidazole rings is 1. The first kappa shape index (κ1) is 24.4. The number of ether oxygens (including phenoxy) is 2. The molecule has 0 amide bonds. The lowest BCUT2D eigenvalue weighted by molar-refractivity contribution is 0.0664. The fourth-order valence-electron chi connectivity index (χ4n) is 5.26. The van der Waals surface area contributed by atoms with Crippen molar-refractivity contribution in [3.63, 3.8) is 0 Å². The molecule has 1 fully saturated rings. The molecule has 5 heterocycles. The number of aromatic nitrogens is 6. The number of nitrogens with two attached hydrogens (primary N) is 1. The van der Waals surface area contributed by atoms with Crippen molar-refractivity contribution in [1.82, 2.24) is 29.5 Å². The van der Waals surface area contributed by atoms with Crippen molar-refractivity contribution in [2.75, 3.05) is 48.4 Å². The summed E-state index contributed by atoms with van der Waals surface area (Å²) in [5, 5.41) is 0. The van der Waals surface area contributed by atoms with Crippen molar-refractivity contribution < 1.29 is 9.47 Å². The van der Waals surface area contributed by atoms with E-state index < -0.39 is 0 Å². The molecular weight excluding hydrogens is 506 g/mol. The minimum atomic E-state index is 0.239. The summed E-state index contributed by atoms with van der Waals surface area (Å²) in [5.74, 6) is 1.82. The Balaban J connectivity index is 1.19. The number of benzene rings is 2. The lowest BCUT2D eigenvalue weighted by atomic mass is 10.1. The summed E-state index contributed by atoms with van der Waals surface area (Å²) in [6, 6.07) is 16.5. The number of rotatable bonds is 7. The molecule has 0 spiro atoms. The van der Waals surface area contributed by atoms with Crippen LogP contribution in [-0.4, -0.2) is 62.3 Å². The Hall–Kier alpha value is -4.61. The molecule has 7 rings (SSSR count).